The molecular weight excluding hydrogens is 219 g/mol. The molecule has 11 heavy (non-hydrogen) atoms. The van der Waals surface area contributed by atoms with Crippen LogP contribution in [-0.4, -0.2) is 12.4 Å². The summed E-state index contributed by atoms with van der Waals surface area (Å²) in [6.45, 7) is 6.82. The summed E-state index contributed by atoms with van der Waals surface area (Å²) in [7, 11) is 0. The van der Waals surface area contributed by atoms with Crippen molar-refractivity contribution in [2.45, 2.75) is 20.8 Å². The van der Waals surface area contributed by atoms with E-state index in [4.69, 9.17) is 27.6 Å². The summed E-state index contributed by atoms with van der Waals surface area (Å²) in [4.78, 5) is -2.02. The first-order valence-electron chi connectivity index (χ1n) is 3.56. The van der Waals surface area contributed by atoms with Gasteiger partial charge in [0.1, 0.15) is 0 Å². The van der Waals surface area contributed by atoms with Crippen molar-refractivity contribution in [3.05, 3.63) is 0 Å². The Hall–Kier alpha value is 1.25. The molecule has 0 heterocycles. The second-order valence-electron chi connectivity index (χ2n) is 2.54. The molecule has 0 rings (SSSR count). The maximum Gasteiger partial charge on any atom is 0.207 e. The van der Waals surface area contributed by atoms with Crippen LogP contribution in [0.4, 0.5) is 0 Å². The Balaban J connectivity index is 3.64. The standard InChI is InChI=1S/C6H14ClOPS2/c1-4-8-9(7,10)11-5-6(2)3/h6H,4-5H2,1-3H3. The molecule has 0 saturated heterocycles. The van der Waals surface area contributed by atoms with Gasteiger partial charge in [-0.15, -0.1) is 0 Å². The highest BCUT2D eigenvalue weighted by molar-refractivity contribution is 8.76. The molecule has 1 nitrogen and oxygen atoms in total. The predicted molar refractivity (Wildman–Crippen MR) is 59.1 cm³/mol. The first kappa shape index (κ1) is 12.2. The molecule has 0 N–H and O–H groups in total. The first-order chi connectivity index (χ1) is 4.98. The van der Waals surface area contributed by atoms with Crippen LogP contribution in [0, 0.1) is 5.92 Å². The van der Waals surface area contributed by atoms with E-state index in [-0.39, 0.29) is 0 Å². The van der Waals surface area contributed by atoms with Crippen LogP contribution < -0.4 is 0 Å². The molecule has 5 heteroatoms. The summed E-state index contributed by atoms with van der Waals surface area (Å²) in [6.07, 6.45) is 0. The van der Waals surface area contributed by atoms with Gasteiger partial charge < -0.3 is 4.52 Å². The minimum Gasteiger partial charge on any atom is -0.331 e. The Labute approximate surface area is 82.9 Å². The van der Waals surface area contributed by atoms with Gasteiger partial charge in [-0.3, -0.25) is 0 Å². The van der Waals surface area contributed by atoms with Crippen molar-refractivity contribution in [2.24, 2.45) is 5.92 Å². The van der Waals surface area contributed by atoms with Crippen molar-refractivity contribution < 1.29 is 4.52 Å². The molecule has 0 amide bonds. The van der Waals surface area contributed by atoms with E-state index in [1.54, 1.807) is 11.4 Å². The summed E-state index contributed by atoms with van der Waals surface area (Å²) in [5.41, 5.74) is 0. The molecule has 0 aromatic heterocycles. The highest BCUT2D eigenvalue weighted by Crippen LogP contribution is 2.64. The van der Waals surface area contributed by atoms with Crippen LogP contribution in [0.3, 0.4) is 0 Å². The minimum atomic E-state index is -2.02. The molecule has 0 aromatic rings. The van der Waals surface area contributed by atoms with E-state index in [1.165, 1.54) is 0 Å². The Kier molecular flexibility index (Phi) is 6.48. The molecule has 0 spiro atoms. The second kappa shape index (κ2) is 5.82. The van der Waals surface area contributed by atoms with E-state index in [0.29, 0.717) is 12.5 Å². The van der Waals surface area contributed by atoms with Crippen molar-refractivity contribution >= 4 is 39.2 Å². The lowest BCUT2D eigenvalue weighted by molar-refractivity contribution is 0.392. The van der Waals surface area contributed by atoms with Crippen molar-refractivity contribution in [3.63, 3.8) is 0 Å². The summed E-state index contributed by atoms with van der Waals surface area (Å²) in [5.74, 6) is 1.61. The van der Waals surface area contributed by atoms with E-state index in [1.807, 2.05) is 6.92 Å². The van der Waals surface area contributed by atoms with Crippen molar-refractivity contribution in [3.8, 4) is 0 Å². The van der Waals surface area contributed by atoms with Crippen LogP contribution in [0.1, 0.15) is 20.8 Å². The third-order valence-electron chi connectivity index (χ3n) is 0.845. The molecule has 0 radical (unpaired) electrons. The summed E-state index contributed by atoms with van der Waals surface area (Å²) < 4.78 is 5.23. The molecule has 0 aromatic carbocycles. The average molecular weight is 233 g/mol. The largest absolute Gasteiger partial charge is 0.331 e. The number of rotatable bonds is 5. The molecule has 0 aliphatic rings. The van der Waals surface area contributed by atoms with E-state index in [9.17, 15) is 0 Å². The number of halogens is 1. The van der Waals surface area contributed by atoms with Crippen LogP contribution in [0.2, 0.25) is 0 Å². The zero-order chi connectivity index (χ0) is 8.91. The average Bonchev–Trinajstić information content (AvgIpc) is 1.84. The Morgan fingerprint density at radius 3 is 2.55 bits per heavy atom. The monoisotopic (exact) mass is 232 g/mol. The van der Waals surface area contributed by atoms with Crippen LogP contribution in [-0.2, 0) is 16.3 Å². The molecule has 0 bridgehead atoms. The van der Waals surface area contributed by atoms with Crippen molar-refractivity contribution in [1.82, 2.24) is 0 Å². The predicted octanol–water partition coefficient (Wildman–Crippen LogP) is 3.88. The lowest BCUT2D eigenvalue weighted by atomic mass is 10.3. The van der Waals surface area contributed by atoms with E-state index < -0.39 is 4.82 Å². The SMILES string of the molecule is CCOP(=S)(Cl)SCC(C)C. The van der Waals surface area contributed by atoms with Gasteiger partial charge in [0.05, 0.1) is 6.61 Å². The fourth-order valence-corrected chi connectivity index (χ4v) is 4.92. The highest BCUT2D eigenvalue weighted by Gasteiger charge is 2.13. The van der Waals surface area contributed by atoms with Crippen molar-refractivity contribution in [1.29, 1.82) is 0 Å². The Bertz CT molecular complexity index is 152. The second-order valence-corrected chi connectivity index (χ2v) is 11.4. The molecule has 0 saturated carbocycles. The van der Waals surface area contributed by atoms with Gasteiger partial charge in [0.2, 0.25) is 4.82 Å². The van der Waals surface area contributed by atoms with Gasteiger partial charge >= 0.3 is 0 Å². The van der Waals surface area contributed by atoms with Gasteiger partial charge in [0, 0.05) is 5.75 Å². The van der Waals surface area contributed by atoms with Crippen molar-refractivity contribution in [2.75, 3.05) is 12.4 Å². The van der Waals surface area contributed by atoms with E-state index in [0.717, 1.165) is 5.75 Å². The Morgan fingerprint density at radius 1 is 1.64 bits per heavy atom. The van der Waals surface area contributed by atoms with Crippen LogP contribution in [0.5, 0.6) is 0 Å². The molecule has 0 fully saturated rings. The first-order valence-corrected chi connectivity index (χ1v) is 8.78. The fraction of sp³-hybridized carbons (Fsp3) is 1.00. The van der Waals surface area contributed by atoms with Gasteiger partial charge in [-0.2, -0.15) is 0 Å². The molecule has 68 valence electrons. The maximum absolute atomic E-state index is 5.95. The van der Waals surface area contributed by atoms with Gasteiger partial charge in [0.15, 0.2) is 0 Å². The normalized spacial score (nSPS) is 16.8. The topological polar surface area (TPSA) is 9.23 Å². The summed E-state index contributed by atoms with van der Waals surface area (Å²) in [5, 5.41) is 0. The zero-order valence-electron chi connectivity index (χ0n) is 7.04. The zero-order valence-corrected chi connectivity index (χ0v) is 10.3. The smallest absolute Gasteiger partial charge is 0.207 e. The third kappa shape index (κ3) is 7.61. The lowest BCUT2D eigenvalue weighted by Crippen LogP contribution is -1.90. The lowest BCUT2D eigenvalue weighted by Gasteiger charge is -2.13. The van der Waals surface area contributed by atoms with Crippen LogP contribution in [0.15, 0.2) is 0 Å². The van der Waals surface area contributed by atoms with Gasteiger partial charge in [0.25, 0.3) is 0 Å². The number of hydrogen-bond donors (Lipinski definition) is 0. The van der Waals surface area contributed by atoms with Gasteiger partial charge in [-0.05, 0) is 35.9 Å². The highest BCUT2D eigenvalue weighted by atomic mass is 35.7. The third-order valence-corrected chi connectivity index (χ3v) is 6.66. The number of hydrogen-bond acceptors (Lipinski definition) is 3. The summed E-state index contributed by atoms with van der Waals surface area (Å²) in [6, 6.07) is 0. The van der Waals surface area contributed by atoms with Gasteiger partial charge in [-0.1, -0.05) is 25.2 Å². The molecule has 0 aliphatic carbocycles. The van der Waals surface area contributed by atoms with Gasteiger partial charge in [-0.25, -0.2) is 0 Å². The maximum atomic E-state index is 5.95. The van der Waals surface area contributed by atoms with Crippen LogP contribution >= 0.6 is 27.4 Å². The molecule has 1 unspecified atom stereocenters. The fourth-order valence-electron chi connectivity index (χ4n) is 0.430. The quantitative estimate of drug-likeness (QED) is 0.666. The van der Waals surface area contributed by atoms with E-state index >= 15 is 0 Å². The van der Waals surface area contributed by atoms with E-state index in [2.05, 4.69) is 13.8 Å². The molecule has 0 aliphatic heterocycles. The Morgan fingerprint density at radius 2 is 2.18 bits per heavy atom. The van der Waals surface area contributed by atoms with Crippen LogP contribution in [0.25, 0.3) is 0 Å². The minimum absolute atomic E-state index is 0.617. The molecule has 1 atom stereocenters. The summed E-state index contributed by atoms with van der Waals surface area (Å²) >= 11 is 12.6. The molecular formula is C6H14ClOPS2.